The van der Waals surface area contributed by atoms with Crippen LogP contribution in [0.2, 0.25) is 0 Å². The Morgan fingerprint density at radius 2 is 2.07 bits per heavy atom. The lowest BCUT2D eigenvalue weighted by molar-refractivity contribution is 0.0733. The van der Waals surface area contributed by atoms with Gasteiger partial charge in [-0.3, -0.25) is 4.79 Å². The molecule has 5 nitrogen and oxygen atoms in total. The van der Waals surface area contributed by atoms with Crippen LogP contribution >= 0.6 is 0 Å². The van der Waals surface area contributed by atoms with Gasteiger partial charge in [0, 0.05) is 24.3 Å². The minimum absolute atomic E-state index is 0.152. The van der Waals surface area contributed by atoms with Crippen molar-refractivity contribution in [1.29, 1.82) is 0 Å². The van der Waals surface area contributed by atoms with Crippen LogP contribution < -0.4 is 0 Å². The fraction of sp³-hybridized carbons (Fsp3) is 0.458. The Balaban J connectivity index is 1.69. The van der Waals surface area contributed by atoms with Gasteiger partial charge in [0.2, 0.25) is 0 Å². The summed E-state index contributed by atoms with van der Waals surface area (Å²) < 4.78 is 16.3. The third-order valence-corrected chi connectivity index (χ3v) is 6.03. The van der Waals surface area contributed by atoms with E-state index in [2.05, 4.69) is 16.5 Å². The van der Waals surface area contributed by atoms with Crippen molar-refractivity contribution in [1.82, 2.24) is 19.4 Å². The molecule has 2 heterocycles. The van der Waals surface area contributed by atoms with Gasteiger partial charge >= 0.3 is 0 Å². The fourth-order valence-electron chi connectivity index (χ4n) is 4.31. The van der Waals surface area contributed by atoms with Crippen LogP contribution in [0.15, 0.2) is 36.5 Å². The number of amides is 1. The van der Waals surface area contributed by atoms with E-state index in [0.29, 0.717) is 30.3 Å². The number of carbonyl (C=O) groups is 1. The van der Waals surface area contributed by atoms with Crippen molar-refractivity contribution in [3.63, 3.8) is 0 Å². The summed E-state index contributed by atoms with van der Waals surface area (Å²) in [5, 5.41) is 0. The average molecular weight is 409 g/mol. The predicted octanol–water partition coefficient (Wildman–Crippen LogP) is 5.44. The number of fused-ring (bicyclic) bond motifs is 1. The van der Waals surface area contributed by atoms with Crippen LogP contribution in [0, 0.1) is 12.7 Å². The molecule has 4 rings (SSSR count). The Bertz CT molecular complexity index is 1040. The number of unbranched alkanes of at least 4 members (excludes halogenated alkanes) is 1. The van der Waals surface area contributed by atoms with E-state index in [4.69, 9.17) is 4.98 Å². The van der Waals surface area contributed by atoms with Gasteiger partial charge in [-0.05, 0) is 56.0 Å². The number of aromatic nitrogens is 3. The molecule has 0 bridgehead atoms. The quantitative estimate of drug-likeness (QED) is 0.523. The number of hydrogen-bond acceptors (Lipinski definition) is 3. The summed E-state index contributed by atoms with van der Waals surface area (Å²) in [6.07, 6.45) is 8.31. The summed E-state index contributed by atoms with van der Waals surface area (Å²) in [7, 11) is 0. The minimum atomic E-state index is -0.348. The monoisotopic (exact) mass is 408 g/mol. The summed E-state index contributed by atoms with van der Waals surface area (Å²) in [6.45, 7) is 4.83. The molecule has 0 atom stereocenters. The topological polar surface area (TPSA) is 51.0 Å². The Labute approximate surface area is 176 Å². The zero-order valence-corrected chi connectivity index (χ0v) is 17.8. The van der Waals surface area contributed by atoms with Gasteiger partial charge in [0.15, 0.2) is 5.65 Å². The Morgan fingerprint density at radius 3 is 2.80 bits per heavy atom. The molecule has 1 amide bonds. The summed E-state index contributed by atoms with van der Waals surface area (Å²) in [5.41, 5.74) is 2.68. The van der Waals surface area contributed by atoms with Gasteiger partial charge in [-0.2, -0.15) is 0 Å². The van der Waals surface area contributed by atoms with Crippen molar-refractivity contribution < 1.29 is 9.18 Å². The molecule has 2 aromatic heterocycles. The molecular weight excluding hydrogens is 379 g/mol. The molecular formula is C24H29FN4O. The van der Waals surface area contributed by atoms with E-state index in [1.54, 1.807) is 30.2 Å². The average Bonchev–Trinajstić information content (AvgIpc) is 3.39. The van der Waals surface area contributed by atoms with Crippen molar-refractivity contribution in [2.75, 3.05) is 6.54 Å². The predicted molar refractivity (Wildman–Crippen MR) is 116 cm³/mol. The molecule has 6 heteroatoms. The number of rotatable bonds is 7. The van der Waals surface area contributed by atoms with E-state index in [-0.39, 0.29) is 11.7 Å². The molecule has 158 valence electrons. The van der Waals surface area contributed by atoms with Crippen molar-refractivity contribution in [3.8, 4) is 0 Å². The van der Waals surface area contributed by atoms with Crippen LogP contribution in [-0.2, 0) is 6.54 Å². The lowest BCUT2D eigenvalue weighted by atomic mass is 10.1. The fourth-order valence-corrected chi connectivity index (χ4v) is 4.31. The Morgan fingerprint density at radius 1 is 1.27 bits per heavy atom. The molecule has 1 aliphatic rings. The molecule has 1 fully saturated rings. The van der Waals surface area contributed by atoms with Crippen LogP contribution in [0.4, 0.5) is 4.39 Å². The Hall–Kier alpha value is -2.76. The zero-order valence-electron chi connectivity index (χ0n) is 17.8. The highest BCUT2D eigenvalue weighted by Gasteiger charge is 2.26. The number of nitrogens with zero attached hydrogens (tertiary/aromatic N) is 4. The lowest BCUT2D eigenvalue weighted by Gasteiger charge is -2.24. The summed E-state index contributed by atoms with van der Waals surface area (Å²) in [4.78, 5) is 24.5. The second-order valence-corrected chi connectivity index (χ2v) is 8.23. The maximum absolute atomic E-state index is 14.1. The molecule has 0 aliphatic heterocycles. The van der Waals surface area contributed by atoms with E-state index in [1.807, 2.05) is 12.1 Å². The zero-order chi connectivity index (χ0) is 21.1. The number of pyridine rings is 1. The molecule has 0 N–H and O–H groups in total. The number of benzene rings is 1. The van der Waals surface area contributed by atoms with Crippen LogP contribution in [0.25, 0.3) is 11.2 Å². The van der Waals surface area contributed by atoms with Gasteiger partial charge in [0.25, 0.3) is 5.91 Å². The molecule has 1 aromatic carbocycles. The molecule has 0 spiro atoms. The van der Waals surface area contributed by atoms with Crippen molar-refractivity contribution >= 4 is 17.1 Å². The molecule has 0 unspecified atom stereocenters. The standard InChI is InChI=1S/C24H29FN4O/c1-3-4-14-28(24(30)18-12-11-17(2)20(25)15-18)16-22-27-21-10-7-13-26-23(21)29(22)19-8-5-6-9-19/h7,10-13,15,19H,3-6,8-9,14,16H2,1-2H3. The highest BCUT2D eigenvalue weighted by molar-refractivity contribution is 5.94. The second-order valence-electron chi connectivity index (χ2n) is 8.23. The maximum atomic E-state index is 14.1. The van der Waals surface area contributed by atoms with Crippen molar-refractivity contribution in [2.24, 2.45) is 0 Å². The van der Waals surface area contributed by atoms with E-state index >= 15 is 0 Å². The first kappa shape index (κ1) is 20.5. The summed E-state index contributed by atoms with van der Waals surface area (Å²) in [6, 6.07) is 8.97. The van der Waals surface area contributed by atoms with Gasteiger partial charge in [-0.1, -0.05) is 32.3 Å². The molecule has 30 heavy (non-hydrogen) atoms. The Kier molecular flexibility index (Phi) is 6.11. The molecule has 1 saturated carbocycles. The second kappa shape index (κ2) is 8.94. The van der Waals surface area contributed by atoms with Crippen LogP contribution in [0.1, 0.15) is 73.2 Å². The minimum Gasteiger partial charge on any atom is -0.331 e. The number of carbonyl (C=O) groups excluding carboxylic acids is 1. The molecule has 0 saturated heterocycles. The summed E-state index contributed by atoms with van der Waals surface area (Å²) >= 11 is 0. The highest BCUT2D eigenvalue weighted by atomic mass is 19.1. The normalized spacial score (nSPS) is 14.5. The van der Waals surface area contributed by atoms with E-state index in [0.717, 1.165) is 42.7 Å². The van der Waals surface area contributed by atoms with Crippen LogP contribution in [0.3, 0.4) is 0 Å². The third kappa shape index (κ3) is 4.09. The number of imidazole rings is 1. The molecule has 1 aliphatic carbocycles. The molecule has 0 radical (unpaired) electrons. The largest absolute Gasteiger partial charge is 0.331 e. The number of hydrogen-bond donors (Lipinski definition) is 0. The summed E-state index contributed by atoms with van der Waals surface area (Å²) in [5.74, 6) is 0.367. The third-order valence-electron chi connectivity index (χ3n) is 6.03. The van der Waals surface area contributed by atoms with Gasteiger partial charge in [0.05, 0.1) is 6.54 Å². The van der Waals surface area contributed by atoms with Gasteiger partial charge < -0.3 is 9.47 Å². The van der Waals surface area contributed by atoms with Gasteiger partial charge in [-0.25, -0.2) is 14.4 Å². The van der Waals surface area contributed by atoms with E-state index in [9.17, 15) is 9.18 Å². The highest BCUT2D eigenvalue weighted by Crippen LogP contribution is 2.33. The molecule has 3 aromatic rings. The first-order valence-electron chi connectivity index (χ1n) is 11.0. The lowest BCUT2D eigenvalue weighted by Crippen LogP contribution is -2.33. The van der Waals surface area contributed by atoms with Gasteiger partial charge in [0.1, 0.15) is 17.2 Å². The van der Waals surface area contributed by atoms with E-state index in [1.165, 1.54) is 18.9 Å². The number of aryl methyl sites for hydroxylation is 1. The first-order valence-corrected chi connectivity index (χ1v) is 11.0. The smallest absolute Gasteiger partial charge is 0.254 e. The van der Waals surface area contributed by atoms with Crippen molar-refractivity contribution in [2.45, 2.75) is 65.0 Å². The maximum Gasteiger partial charge on any atom is 0.254 e. The van der Waals surface area contributed by atoms with Crippen LogP contribution in [0.5, 0.6) is 0 Å². The van der Waals surface area contributed by atoms with Gasteiger partial charge in [-0.15, -0.1) is 0 Å². The SMILES string of the molecule is CCCCN(Cc1nc2cccnc2n1C1CCCC1)C(=O)c1ccc(C)c(F)c1. The number of halogens is 1. The van der Waals surface area contributed by atoms with Crippen LogP contribution in [-0.4, -0.2) is 31.9 Å². The van der Waals surface area contributed by atoms with E-state index < -0.39 is 0 Å². The van der Waals surface area contributed by atoms with Crippen molar-refractivity contribution in [3.05, 3.63) is 59.3 Å². The first-order chi connectivity index (χ1) is 14.6.